The van der Waals surface area contributed by atoms with Gasteiger partial charge >= 0.3 is 0 Å². The lowest BCUT2D eigenvalue weighted by Gasteiger charge is -2.22. The first-order chi connectivity index (χ1) is 6.86. The number of carbonyl (C=O) groups excluding carboxylic acids is 1. The van der Waals surface area contributed by atoms with E-state index < -0.39 is 0 Å². The molecule has 1 amide bonds. The number of amides is 1. The minimum atomic E-state index is -0.0337. The zero-order valence-electron chi connectivity index (χ0n) is 7.40. The number of aliphatic imine (C=N–C) groups is 1. The fourth-order valence-corrected chi connectivity index (χ4v) is 1.90. The molecule has 0 radical (unpaired) electrons. The summed E-state index contributed by atoms with van der Waals surface area (Å²) >= 11 is 0. The highest BCUT2D eigenvalue weighted by Gasteiger charge is 2.29. The number of nitrogens with one attached hydrogen (secondary N) is 1. The molecule has 0 saturated heterocycles. The molecule has 1 unspecified atom stereocenters. The maximum Gasteiger partial charge on any atom is 0.255 e. The van der Waals surface area contributed by atoms with Crippen LogP contribution in [0.2, 0.25) is 0 Å². The van der Waals surface area contributed by atoms with Gasteiger partial charge in [0.25, 0.3) is 5.91 Å². The van der Waals surface area contributed by atoms with Crippen LogP contribution in [0.1, 0.15) is 21.8 Å². The molecular weight excluding hydrogens is 176 g/mol. The van der Waals surface area contributed by atoms with Crippen LogP contribution in [0.15, 0.2) is 41.2 Å². The summed E-state index contributed by atoms with van der Waals surface area (Å²) < 4.78 is 0. The van der Waals surface area contributed by atoms with Crippen LogP contribution in [0.5, 0.6) is 0 Å². The van der Waals surface area contributed by atoms with E-state index in [2.05, 4.69) is 10.3 Å². The first-order valence-corrected chi connectivity index (χ1v) is 4.50. The Bertz CT molecular complexity index is 474. The Kier molecular flexibility index (Phi) is 1.36. The van der Waals surface area contributed by atoms with E-state index >= 15 is 0 Å². The van der Waals surface area contributed by atoms with Crippen molar-refractivity contribution in [2.24, 2.45) is 4.99 Å². The molecule has 3 heteroatoms. The van der Waals surface area contributed by atoms with E-state index in [1.165, 1.54) is 0 Å². The molecule has 1 atom stereocenters. The maximum atomic E-state index is 11.6. The number of nitrogens with zero attached hydrogens (tertiary/aromatic N) is 1. The van der Waals surface area contributed by atoms with Crippen LogP contribution in [0.25, 0.3) is 0 Å². The summed E-state index contributed by atoms with van der Waals surface area (Å²) in [6, 6.07) is 7.64. The van der Waals surface area contributed by atoms with Crippen LogP contribution in [0.4, 0.5) is 0 Å². The van der Waals surface area contributed by atoms with E-state index in [1.807, 2.05) is 30.5 Å². The van der Waals surface area contributed by atoms with Crippen molar-refractivity contribution in [3.05, 3.63) is 47.3 Å². The smallest absolute Gasteiger partial charge is 0.255 e. The molecule has 0 spiro atoms. The molecule has 14 heavy (non-hydrogen) atoms. The minimum absolute atomic E-state index is 0.0337. The maximum absolute atomic E-state index is 11.6. The summed E-state index contributed by atoms with van der Waals surface area (Å²) in [6.07, 6.45) is 3.56. The zero-order valence-corrected chi connectivity index (χ0v) is 7.40. The van der Waals surface area contributed by atoms with Crippen LogP contribution in [0, 0.1) is 0 Å². The first kappa shape index (κ1) is 7.50. The van der Waals surface area contributed by atoms with Gasteiger partial charge in [-0.2, -0.15) is 0 Å². The van der Waals surface area contributed by atoms with Gasteiger partial charge in [0.2, 0.25) is 0 Å². The lowest BCUT2D eigenvalue weighted by Crippen LogP contribution is -2.32. The van der Waals surface area contributed by atoms with E-state index in [0.717, 1.165) is 16.8 Å². The van der Waals surface area contributed by atoms with Crippen molar-refractivity contribution in [3.8, 4) is 0 Å². The summed E-state index contributed by atoms with van der Waals surface area (Å²) in [7, 11) is 0. The fourth-order valence-electron chi connectivity index (χ4n) is 1.90. The van der Waals surface area contributed by atoms with Gasteiger partial charge in [0, 0.05) is 23.7 Å². The Morgan fingerprint density at radius 1 is 1.29 bits per heavy atom. The molecule has 1 aromatic carbocycles. The second kappa shape index (κ2) is 2.54. The molecule has 0 aromatic heterocycles. The van der Waals surface area contributed by atoms with E-state index in [0.29, 0.717) is 0 Å². The third kappa shape index (κ3) is 0.865. The van der Waals surface area contributed by atoms with Crippen LogP contribution in [-0.2, 0) is 0 Å². The van der Waals surface area contributed by atoms with Crippen LogP contribution in [-0.4, -0.2) is 12.1 Å². The van der Waals surface area contributed by atoms with Gasteiger partial charge in [0.05, 0.1) is 5.92 Å². The molecule has 0 fully saturated rings. The quantitative estimate of drug-likeness (QED) is 0.651. The molecular formula is C11H8N2O. The van der Waals surface area contributed by atoms with Crippen molar-refractivity contribution in [1.82, 2.24) is 5.32 Å². The van der Waals surface area contributed by atoms with Crippen molar-refractivity contribution in [1.29, 1.82) is 0 Å². The lowest BCUT2D eigenvalue weighted by molar-refractivity contribution is 0.0958. The van der Waals surface area contributed by atoms with Gasteiger partial charge in [-0.15, -0.1) is 0 Å². The number of hydrogen-bond acceptors (Lipinski definition) is 2. The van der Waals surface area contributed by atoms with Crippen molar-refractivity contribution in [3.63, 3.8) is 0 Å². The predicted molar refractivity (Wildman–Crippen MR) is 53.2 cm³/mol. The normalized spacial score (nSPS) is 22.4. The van der Waals surface area contributed by atoms with E-state index in [1.54, 1.807) is 6.20 Å². The summed E-state index contributed by atoms with van der Waals surface area (Å²) in [6.45, 7) is 0. The number of allylic oxidation sites excluding steroid dienone is 1. The molecule has 3 rings (SSSR count). The number of fused-ring (bicyclic) bond motifs is 3. The summed E-state index contributed by atoms with van der Waals surface area (Å²) in [5, 5.41) is 2.83. The van der Waals surface area contributed by atoms with E-state index in [4.69, 9.17) is 0 Å². The van der Waals surface area contributed by atoms with Gasteiger partial charge in [0.15, 0.2) is 0 Å². The Hall–Kier alpha value is -1.90. The summed E-state index contributed by atoms with van der Waals surface area (Å²) in [5.41, 5.74) is 2.68. The number of benzene rings is 1. The third-order valence-electron chi connectivity index (χ3n) is 2.58. The topological polar surface area (TPSA) is 41.5 Å². The second-order valence-corrected chi connectivity index (χ2v) is 3.40. The average molecular weight is 184 g/mol. The fraction of sp³-hybridized carbons (Fsp3) is 0.0909. The minimum Gasteiger partial charge on any atom is -0.323 e. The molecule has 0 bridgehead atoms. The molecule has 68 valence electrons. The van der Waals surface area contributed by atoms with Gasteiger partial charge in [-0.05, 0) is 11.6 Å². The highest BCUT2D eigenvalue weighted by atomic mass is 16.1. The Morgan fingerprint density at radius 3 is 3.07 bits per heavy atom. The largest absolute Gasteiger partial charge is 0.323 e. The van der Waals surface area contributed by atoms with Gasteiger partial charge < -0.3 is 5.32 Å². The van der Waals surface area contributed by atoms with Crippen LogP contribution in [0.3, 0.4) is 0 Å². The van der Waals surface area contributed by atoms with Crippen molar-refractivity contribution >= 4 is 12.1 Å². The Labute approximate surface area is 81.2 Å². The molecule has 0 saturated carbocycles. The molecule has 2 aliphatic rings. The van der Waals surface area contributed by atoms with Crippen molar-refractivity contribution < 1.29 is 4.79 Å². The standard InChI is InChI=1S/C11H8N2O/c14-11-8-4-2-1-3-7(8)9-5-12-6-10(9)13-11/h1-6,9H,(H,13,14). The van der Waals surface area contributed by atoms with E-state index in [9.17, 15) is 4.79 Å². The van der Waals surface area contributed by atoms with Crippen molar-refractivity contribution in [2.75, 3.05) is 0 Å². The second-order valence-electron chi connectivity index (χ2n) is 3.40. The number of hydrogen-bond donors (Lipinski definition) is 1. The van der Waals surface area contributed by atoms with Gasteiger partial charge in [-0.3, -0.25) is 9.79 Å². The van der Waals surface area contributed by atoms with Crippen LogP contribution < -0.4 is 5.32 Å². The summed E-state index contributed by atoms with van der Waals surface area (Å²) in [4.78, 5) is 15.7. The highest BCUT2D eigenvalue weighted by Crippen LogP contribution is 2.31. The van der Waals surface area contributed by atoms with Gasteiger partial charge in [-0.25, -0.2) is 0 Å². The molecule has 2 heterocycles. The predicted octanol–water partition coefficient (Wildman–Crippen LogP) is 1.44. The zero-order chi connectivity index (χ0) is 9.54. The average Bonchev–Trinajstić information content (AvgIpc) is 2.66. The van der Waals surface area contributed by atoms with Crippen molar-refractivity contribution in [2.45, 2.75) is 5.92 Å². The Balaban J connectivity index is 2.24. The lowest BCUT2D eigenvalue weighted by atomic mass is 9.90. The Morgan fingerprint density at radius 2 is 2.14 bits per heavy atom. The molecule has 1 aromatic rings. The molecule has 0 aliphatic carbocycles. The third-order valence-corrected chi connectivity index (χ3v) is 2.58. The SMILES string of the molecule is O=C1NC2=CN=CC2c2ccccc21. The number of carbonyl (C=O) groups is 1. The highest BCUT2D eigenvalue weighted by molar-refractivity contribution is 6.01. The summed E-state index contributed by atoms with van der Waals surface area (Å²) in [5.74, 6) is 0.109. The number of rotatable bonds is 0. The van der Waals surface area contributed by atoms with Gasteiger partial charge in [0.1, 0.15) is 0 Å². The first-order valence-electron chi connectivity index (χ1n) is 4.50. The van der Waals surface area contributed by atoms with E-state index in [-0.39, 0.29) is 11.8 Å². The monoisotopic (exact) mass is 184 g/mol. The van der Waals surface area contributed by atoms with Gasteiger partial charge in [-0.1, -0.05) is 18.2 Å². The molecule has 1 N–H and O–H groups in total. The molecule has 3 nitrogen and oxygen atoms in total. The van der Waals surface area contributed by atoms with Crippen LogP contribution >= 0.6 is 0 Å². The molecule has 2 aliphatic heterocycles.